The molecular weight excluding hydrogens is 274 g/mol. The average molecular weight is 284 g/mol. The minimum Gasteiger partial charge on any atom is -0.490 e. The Morgan fingerprint density at radius 1 is 1.32 bits per heavy atom. The minimum absolute atomic E-state index is 0.0972. The molecule has 2 aromatic rings. The van der Waals surface area contributed by atoms with Gasteiger partial charge >= 0.3 is 0 Å². The maximum absolute atomic E-state index is 13.6. The molecule has 1 heterocycles. The molecule has 5 nitrogen and oxygen atoms in total. The average Bonchev–Trinajstić information content (AvgIpc) is 2.42. The summed E-state index contributed by atoms with van der Waals surface area (Å²) in [5.74, 6) is 4.72. The predicted octanol–water partition coefficient (Wildman–Crippen LogP) is 2.20. The fourth-order valence-electron chi connectivity index (χ4n) is 1.38. The van der Waals surface area contributed by atoms with Crippen LogP contribution < -0.4 is 16.0 Å². The molecule has 0 amide bonds. The molecule has 0 unspecified atom stereocenters. The van der Waals surface area contributed by atoms with Crippen molar-refractivity contribution in [3.8, 4) is 5.75 Å². The van der Waals surface area contributed by atoms with E-state index in [4.69, 9.17) is 10.6 Å². The lowest BCUT2D eigenvalue weighted by molar-refractivity contribution is 0.400. The van der Waals surface area contributed by atoms with Crippen molar-refractivity contribution in [1.29, 1.82) is 0 Å². The number of nitrogens with zero attached hydrogens (tertiary/aromatic N) is 2. The molecular formula is C11H10F2N4OS. The van der Waals surface area contributed by atoms with Gasteiger partial charge in [-0.15, -0.1) is 0 Å². The van der Waals surface area contributed by atoms with Crippen molar-refractivity contribution in [2.45, 2.75) is 9.92 Å². The molecule has 8 heteroatoms. The van der Waals surface area contributed by atoms with E-state index in [1.807, 2.05) is 0 Å². The molecule has 0 aliphatic heterocycles. The first-order valence-corrected chi connectivity index (χ1v) is 5.96. The Morgan fingerprint density at radius 3 is 2.79 bits per heavy atom. The van der Waals surface area contributed by atoms with Crippen LogP contribution in [0.4, 0.5) is 14.6 Å². The van der Waals surface area contributed by atoms with Gasteiger partial charge in [-0.1, -0.05) is 11.8 Å². The number of benzene rings is 1. The Kier molecular flexibility index (Phi) is 4.13. The number of ether oxygens (including phenoxy) is 1. The smallest absolute Gasteiger partial charge is 0.195 e. The van der Waals surface area contributed by atoms with Crippen molar-refractivity contribution in [3.05, 3.63) is 36.2 Å². The lowest BCUT2D eigenvalue weighted by Gasteiger charge is -2.10. The van der Waals surface area contributed by atoms with Crippen LogP contribution in [0.1, 0.15) is 0 Å². The number of nitrogens with one attached hydrogen (secondary N) is 1. The standard InChI is InChI=1S/C11H10F2N4OS/c1-18-9-10(17-14)15-5-16-11(9)19-8-4-6(12)2-3-7(8)13/h2-5H,14H2,1H3,(H,15,16,17). The molecule has 2 rings (SSSR count). The first-order valence-electron chi connectivity index (χ1n) is 5.14. The van der Waals surface area contributed by atoms with E-state index in [0.717, 1.165) is 30.0 Å². The van der Waals surface area contributed by atoms with Crippen LogP contribution in [0.5, 0.6) is 5.75 Å². The van der Waals surface area contributed by atoms with Crippen molar-refractivity contribution < 1.29 is 13.5 Å². The summed E-state index contributed by atoms with van der Waals surface area (Å²) in [5, 5.41) is 0.329. The largest absolute Gasteiger partial charge is 0.490 e. The molecule has 0 aliphatic rings. The SMILES string of the molecule is COc1c(NN)ncnc1Sc1cc(F)ccc1F. The van der Waals surface area contributed by atoms with Crippen LogP contribution in [0.15, 0.2) is 34.4 Å². The zero-order valence-corrected chi connectivity index (χ0v) is 10.7. The van der Waals surface area contributed by atoms with Gasteiger partial charge in [-0.2, -0.15) is 0 Å². The molecule has 0 spiro atoms. The topological polar surface area (TPSA) is 73.1 Å². The third-order valence-electron chi connectivity index (χ3n) is 2.21. The summed E-state index contributed by atoms with van der Waals surface area (Å²) in [6, 6.07) is 3.17. The third-order valence-corrected chi connectivity index (χ3v) is 3.23. The first kappa shape index (κ1) is 13.5. The van der Waals surface area contributed by atoms with Gasteiger partial charge in [0, 0.05) is 0 Å². The van der Waals surface area contributed by atoms with Crippen LogP contribution in [0.2, 0.25) is 0 Å². The number of anilines is 1. The van der Waals surface area contributed by atoms with Gasteiger partial charge in [0.05, 0.1) is 12.0 Å². The number of nitrogens with two attached hydrogens (primary N) is 1. The highest BCUT2D eigenvalue weighted by atomic mass is 32.2. The van der Waals surface area contributed by atoms with Crippen LogP contribution in [0.3, 0.4) is 0 Å². The number of nitrogen functional groups attached to an aromatic ring is 1. The summed E-state index contributed by atoms with van der Waals surface area (Å²) in [5.41, 5.74) is 2.34. The summed E-state index contributed by atoms with van der Waals surface area (Å²) in [4.78, 5) is 7.92. The molecule has 0 saturated heterocycles. The van der Waals surface area contributed by atoms with Gasteiger partial charge in [0.1, 0.15) is 23.0 Å². The molecule has 0 radical (unpaired) electrons. The maximum atomic E-state index is 13.6. The minimum atomic E-state index is -0.547. The number of aromatic nitrogens is 2. The van der Waals surface area contributed by atoms with Crippen molar-refractivity contribution in [1.82, 2.24) is 9.97 Å². The van der Waals surface area contributed by atoms with E-state index < -0.39 is 11.6 Å². The Bertz CT molecular complexity index is 597. The second-order valence-electron chi connectivity index (χ2n) is 3.38. The van der Waals surface area contributed by atoms with Gasteiger partial charge < -0.3 is 10.2 Å². The molecule has 0 saturated carbocycles. The maximum Gasteiger partial charge on any atom is 0.195 e. The lowest BCUT2D eigenvalue weighted by Crippen LogP contribution is -2.10. The lowest BCUT2D eigenvalue weighted by atomic mass is 10.3. The highest BCUT2D eigenvalue weighted by molar-refractivity contribution is 7.99. The molecule has 3 N–H and O–H groups in total. The van der Waals surface area contributed by atoms with E-state index in [9.17, 15) is 8.78 Å². The molecule has 19 heavy (non-hydrogen) atoms. The van der Waals surface area contributed by atoms with E-state index in [-0.39, 0.29) is 16.5 Å². The summed E-state index contributed by atoms with van der Waals surface area (Å²) in [6.45, 7) is 0. The van der Waals surface area contributed by atoms with E-state index >= 15 is 0 Å². The van der Waals surface area contributed by atoms with Crippen molar-refractivity contribution in [3.63, 3.8) is 0 Å². The second-order valence-corrected chi connectivity index (χ2v) is 4.41. The van der Waals surface area contributed by atoms with E-state index in [2.05, 4.69) is 15.4 Å². The Labute approximate surface area is 112 Å². The second kappa shape index (κ2) is 5.81. The van der Waals surface area contributed by atoms with Gasteiger partial charge in [0.15, 0.2) is 11.6 Å². The quantitative estimate of drug-likeness (QED) is 0.509. The highest BCUT2D eigenvalue weighted by Gasteiger charge is 2.15. The van der Waals surface area contributed by atoms with E-state index in [1.54, 1.807) is 0 Å². The number of hydrogen-bond donors (Lipinski definition) is 2. The molecule has 100 valence electrons. The predicted molar refractivity (Wildman–Crippen MR) is 66.9 cm³/mol. The van der Waals surface area contributed by atoms with E-state index in [1.165, 1.54) is 13.4 Å². The summed E-state index contributed by atoms with van der Waals surface area (Å²) in [6.07, 6.45) is 1.25. The zero-order valence-electron chi connectivity index (χ0n) is 9.85. The van der Waals surface area contributed by atoms with Crippen molar-refractivity contribution in [2.24, 2.45) is 5.84 Å². The fourth-order valence-corrected chi connectivity index (χ4v) is 2.29. The molecule has 0 bridgehead atoms. The van der Waals surface area contributed by atoms with Gasteiger partial charge in [0.2, 0.25) is 0 Å². The first-order chi connectivity index (χ1) is 9.15. The fraction of sp³-hybridized carbons (Fsp3) is 0.0909. The highest BCUT2D eigenvalue weighted by Crippen LogP contribution is 2.37. The van der Waals surface area contributed by atoms with Crippen molar-refractivity contribution in [2.75, 3.05) is 12.5 Å². The molecule has 0 aliphatic carbocycles. The number of rotatable bonds is 4. The monoisotopic (exact) mass is 284 g/mol. The van der Waals surface area contributed by atoms with Crippen LogP contribution in [-0.4, -0.2) is 17.1 Å². The van der Waals surface area contributed by atoms with Crippen LogP contribution >= 0.6 is 11.8 Å². The summed E-state index contributed by atoms with van der Waals surface area (Å²) >= 11 is 0.922. The van der Waals surface area contributed by atoms with Crippen LogP contribution in [0, 0.1) is 11.6 Å². The molecule has 0 atom stereocenters. The number of hydrazine groups is 1. The van der Waals surface area contributed by atoms with Gasteiger partial charge in [-0.3, -0.25) is 0 Å². The van der Waals surface area contributed by atoms with Crippen LogP contribution in [0.25, 0.3) is 0 Å². The zero-order chi connectivity index (χ0) is 13.8. The van der Waals surface area contributed by atoms with Crippen molar-refractivity contribution >= 4 is 17.6 Å². The molecule has 0 fully saturated rings. The summed E-state index contributed by atoms with van der Waals surface area (Å²) < 4.78 is 31.8. The molecule has 1 aromatic heterocycles. The Morgan fingerprint density at radius 2 is 2.11 bits per heavy atom. The van der Waals surface area contributed by atoms with Crippen LogP contribution in [-0.2, 0) is 0 Å². The van der Waals surface area contributed by atoms with Gasteiger partial charge in [-0.05, 0) is 18.2 Å². The number of hydrogen-bond acceptors (Lipinski definition) is 6. The third kappa shape index (κ3) is 2.91. The van der Waals surface area contributed by atoms with E-state index in [0.29, 0.717) is 5.03 Å². The molecule has 1 aromatic carbocycles. The number of halogens is 2. The number of methoxy groups -OCH3 is 1. The summed E-state index contributed by atoms with van der Waals surface area (Å²) in [7, 11) is 1.41. The van der Waals surface area contributed by atoms with Gasteiger partial charge in [0.25, 0.3) is 0 Å². The van der Waals surface area contributed by atoms with Gasteiger partial charge in [-0.25, -0.2) is 24.6 Å². The Hall–Kier alpha value is -1.93. The normalized spacial score (nSPS) is 10.3. The Balaban J connectivity index is 2.40.